The number of halogens is 1. The first-order valence-corrected chi connectivity index (χ1v) is 14.7. The van der Waals surface area contributed by atoms with Crippen LogP contribution in [0.2, 0.25) is 5.02 Å². The number of fused-ring (bicyclic) bond motifs is 1. The van der Waals surface area contributed by atoms with Crippen molar-refractivity contribution in [2.24, 2.45) is 0 Å². The highest BCUT2D eigenvalue weighted by molar-refractivity contribution is 7.99. The van der Waals surface area contributed by atoms with E-state index < -0.39 is 0 Å². The molecular formula is C27H31ClN4O4S2. The Bertz CT molecular complexity index is 1330. The summed E-state index contributed by atoms with van der Waals surface area (Å²) in [7, 11) is 0. The van der Waals surface area contributed by atoms with Crippen molar-refractivity contribution in [2.45, 2.75) is 64.8 Å². The maximum absolute atomic E-state index is 12.9. The van der Waals surface area contributed by atoms with Crippen molar-refractivity contribution >= 4 is 51.6 Å². The van der Waals surface area contributed by atoms with Gasteiger partial charge in [-0.1, -0.05) is 29.4 Å². The minimum absolute atomic E-state index is 0.108. The van der Waals surface area contributed by atoms with Gasteiger partial charge in [0.05, 0.1) is 17.9 Å². The molecule has 0 saturated heterocycles. The van der Waals surface area contributed by atoms with Gasteiger partial charge in [-0.2, -0.15) is 0 Å². The van der Waals surface area contributed by atoms with Crippen molar-refractivity contribution in [1.82, 2.24) is 14.8 Å². The summed E-state index contributed by atoms with van der Waals surface area (Å²) in [4.78, 5) is 26.8. The zero-order chi connectivity index (χ0) is 27.2. The largest absolute Gasteiger partial charge is 0.486 e. The lowest BCUT2D eigenvalue weighted by Crippen LogP contribution is -2.17. The third kappa shape index (κ3) is 6.42. The summed E-state index contributed by atoms with van der Waals surface area (Å²) in [5.74, 6) is 0.820. The maximum Gasteiger partial charge on any atom is 0.341 e. The Labute approximate surface area is 235 Å². The minimum atomic E-state index is -0.378. The number of esters is 1. The highest BCUT2D eigenvalue weighted by Gasteiger charge is 2.27. The van der Waals surface area contributed by atoms with Gasteiger partial charge in [-0.05, 0) is 75.3 Å². The zero-order valence-corrected chi connectivity index (χ0v) is 24.2. The van der Waals surface area contributed by atoms with Crippen molar-refractivity contribution in [1.29, 1.82) is 0 Å². The van der Waals surface area contributed by atoms with Crippen LogP contribution in [0.15, 0.2) is 29.9 Å². The zero-order valence-electron chi connectivity index (χ0n) is 21.8. The molecule has 1 aromatic carbocycles. The number of nitrogens with one attached hydrogen (secondary N) is 1. The van der Waals surface area contributed by atoms with Crippen LogP contribution in [0.5, 0.6) is 5.75 Å². The average molecular weight is 575 g/mol. The third-order valence-corrected chi connectivity index (χ3v) is 8.89. The molecular weight excluding hydrogens is 544 g/mol. The molecule has 0 saturated carbocycles. The topological polar surface area (TPSA) is 95.3 Å². The maximum atomic E-state index is 12.9. The second-order valence-corrected chi connectivity index (χ2v) is 11.4. The van der Waals surface area contributed by atoms with Crippen LogP contribution in [0.3, 0.4) is 0 Å². The summed E-state index contributed by atoms with van der Waals surface area (Å²) in [6, 6.07) is 3.77. The number of amides is 1. The number of anilines is 1. The molecule has 0 atom stereocenters. The van der Waals surface area contributed by atoms with E-state index in [0.29, 0.717) is 33.8 Å². The molecule has 1 aliphatic carbocycles. The van der Waals surface area contributed by atoms with E-state index in [9.17, 15) is 9.59 Å². The summed E-state index contributed by atoms with van der Waals surface area (Å²) in [6.07, 6.45) is 5.61. The molecule has 1 N–H and O–H groups in total. The number of carbonyl (C=O) groups is 2. The van der Waals surface area contributed by atoms with E-state index in [-0.39, 0.29) is 30.8 Å². The number of thiophene rings is 1. The number of allylic oxidation sites excluding steroid dienone is 1. The van der Waals surface area contributed by atoms with Crippen LogP contribution in [-0.2, 0) is 35.5 Å². The number of aryl methyl sites for hydroxylation is 3. The van der Waals surface area contributed by atoms with Crippen LogP contribution in [0.4, 0.5) is 5.00 Å². The Morgan fingerprint density at radius 2 is 1.97 bits per heavy atom. The molecule has 0 aliphatic heterocycles. The fourth-order valence-corrected chi connectivity index (χ4v) is 6.52. The van der Waals surface area contributed by atoms with Crippen LogP contribution in [0, 0.1) is 13.8 Å². The van der Waals surface area contributed by atoms with Crippen LogP contribution >= 0.6 is 34.7 Å². The molecule has 0 bridgehead atoms. The molecule has 3 aromatic rings. The number of benzene rings is 1. The fraction of sp³-hybridized carbons (Fsp3) is 0.407. The summed E-state index contributed by atoms with van der Waals surface area (Å²) in [5, 5.41) is 13.4. The van der Waals surface area contributed by atoms with Crippen LogP contribution < -0.4 is 10.1 Å². The molecule has 0 unspecified atom stereocenters. The molecule has 11 heteroatoms. The van der Waals surface area contributed by atoms with Gasteiger partial charge in [0, 0.05) is 16.4 Å². The number of ether oxygens (including phenoxy) is 2. The lowest BCUT2D eigenvalue weighted by molar-refractivity contribution is -0.113. The molecule has 2 heterocycles. The van der Waals surface area contributed by atoms with Gasteiger partial charge in [0.25, 0.3) is 0 Å². The number of thioether (sulfide) groups is 1. The molecule has 38 heavy (non-hydrogen) atoms. The molecule has 1 amide bonds. The summed E-state index contributed by atoms with van der Waals surface area (Å²) in [6.45, 7) is 10.4. The number of rotatable bonds is 11. The van der Waals surface area contributed by atoms with E-state index in [2.05, 4.69) is 22.1 Å². The normalized spacial score (nSPS) is 12.6. The molecule has 2 aromatic heterocycles. The Balaban J connectivity index is 1.43. The Morgan fingerprint density at radius 3 is 2.68 bits per heavy atom. The van der Waals surface area contributed by atoms with E-state index in [1.165, 1.54) is 23.1 Å². The highest BCUT2D eigenvalue weighted by atomic mass is 35.5. The summed E-state index contributed by atoms with van der Waals surface area (Å²) >= 11 is 9.01. The molecule has 1 aliphatic rings. The molecule has 0 spiro atoms. The molecule has 202 valence electrons. The van der Waals surface area contributed by atoms with Crippen molar-refractivity contribution < 1.29 is 19.1 Å². The molecule has 8 nitrogen and oxygen atoms in total. The van der Waals surface area contributed by atoms with Crippen LogP contribution in [0.1, 0.15) is 57.5 Å². The van der Waals surface area contributed by atoms with E-state index in [0.717, 1.165) is 52.3 Å². The van der Waals surface area contributed by atoms with E-state index in [4.69, 9.17) is 21.1 Å². The lowest BCUT2D eigenvalue weighted by Gasteiger charge is -2.12. The average Bonchev–Trinajstić information content (AvgIpc) is 3.45. The van der Waals surface area contributed by atoms with Gasteiger partial charge in [-0.15, -0.1) is 28.1 Å². The van der Waals surface area contributed by atoms with Crippen LogP contribution in [0.25, 0.3) is 0 Å². The van der Waals surface area contributed by atoms with Crippen molar-refractivity contribution in [3.8, 4) is 5.75 Å². The van der Waals surface area contributed by atoms with E-state index in [1.54, 1.807) is 13.0 Å². The van der Waals surface area contributed by atoms with E-state index >= 15 is 0 Å². The first-order valence-electron chi connectivity index (χ1n) is 12.5. The predicted octanol–water partition coefficient (Wildman–Crippen LogP) is 6.16. The van der Waals surface area contributed by atoms with Crippen molar-refractivity contribution in [2.75, 3.05) is 17.7 Å². The van der Waals surface area contributed by atoms with Gasteiger partial charge in [0.2, 0.25) is 5.91 Å². The highest BCUT2D eigenvalue weighted by Crippen LogP contribution is 2.38. The molecule has 4 rings (SSSR count). The first-order chi connectivity index (χ1) is 18.3. The fourth-order valence-electron chi connectivity index (χ4n) is 4.35. The van der Waals surface area contributed by atoms with Crippen molar-refractivity contribution in [3.63, 3.8) is 0 Å². The minimum Gasteiger partial charge on any atom is -0.486 e. The van der Waals surface area contributed by atoms with Crippen molar-refractivity contribution in [3.05, 3.63) is 62.8 Å². The third-order valence-electron chi connectivity index (χ3n) is 6.12. The van der Waals surface area contributed by atoms with E-state index in [1.807, 2.05) is 30.5 Å². The second kappa shape index (κ2) is 12.8. The van der Waals surface area contributed by atoms with Gasteiger partial charge in [-0.25, -0.2) is 4.79 Å². The predicted molar refractivity (Wildman–Crippen MR) is 152 cm³/mol. The Kier molecular flexibility index (Phi) is 9.51. The Hall–Kier alpha value is -2.82. The molecule has 0 radical (unpaired) electrons. The number of nitrogens with zero attached hydrogens (tertiary/aromatic N) is 3. The quantitative estimate of drug-likeness (QED) is 0.166. The Morgan fingerprint density at radius 1 is 1.24 bits per heavy atom. The second-order valence-electron chi connectivity index (χ2n) is 8.93. The smallest absolute Gasteiger partial charge is 0.341 e. The number of carbonyl (C=O) groups excluding carboxylic acids is 2. The first kappa shape index (κ1) is 28.2. The summed E-state index contributed by atoms with van der Waals surface area (Å²) in [5.41, 5.74) is 3.40. The van der Waals surface area contributed by atoms with Gasteiger partial charge in [0.15, 0.2) is 11.0 Å². The number of hydrogen-bond acceptors (Lipinski definition) is 8. The number of hydrogen-bond donors (Lipinski definition) is 1. The van der Waals surface area contributed by atoms with Gasteiger partial charge in [0.1, 0.15) is 17.4 Å². The standard InChI is InChI=1S/C27H31ClN4O4S2/c1-5-11-32-21(14-36-18-12-16(3)24(28)17(4)13-18)30-31-27(32)37-15-22(33)29-25-23(26(34)35-6-2)19-9-7-8-10-20(19)38-25/h5,12-13H,1,6-11,14-15H2,2-4H3,(H,29,33). The van der Waals surface area contributed by atoms with Gasteiger partial charge in [-0.3, -0.25) is 9.36 Å². The monoisotopic (exact) mass is 574 g/mol. The summed E-state index contributed by atoms with van der Waals surface area (Å²) < 4.78 is 13.1. The van der Waals surface area contributed by atoms with Crippen LogP contribution in [-0.4, -0.2) is 39.0 Å². The lowest BCUT2D eigenvalue weighted by atomic mass is 9.95. The van der Waals surface area contributed by atoms with Gasteiger partial charge >= 0.3 is 5.97 Å². The van der Waals surface area contributed by atoms with Gasteiger partial charge < -0.3 is 14.8 Å². The number of aromatic nitrogens is 3. The molecule has 0 fully saturated rings. The SMILES string of the molecule is C=CCn1c(COc2cc(C)c(Cl)c(C)c2)nnc1SCC(=O)Nc1sc2c(c1C(=O)OCC)CCCC2.